The Kier molecular flexibility index (Phi) is 6.71. The van der Waals surface area contributed by atoms with Crippen LogP contribution < -0.4 is 20.7 Å². The van der Waals surface area contributed by atoms with Crippen LogP contribution in [0.4, 0.5) is 5.69 Å². The number of ether oxygens (including phenoxy) is 3. The lowest BCUT2D eigenvalue weighted by atomic mass is 10.1. The van der Waals surface area contributed by atoms with Gasteiger partial charge in [0, 0.05) is 30.8 Å². The maximum Gasteiger partial charge on any atom is 0.278 e. The number of anilines is 1. The van der Waals surface area contributed by atoms with Crippen molar-refractivity contribution in [3.8, 4) is 17.2 Å². The number of pyridine rings is 1. The van der Waals surface area contributed by atoms with Gasteiger partial charge in [0.05, 0.1) is 35.5 Å². The summed E-state index contributed by atoms with van der Waals surface area (Å²) in [4.78, 5) is 21.6. The van der Waals surface area contributed by atoms with E-state index in [1.54, 1.807) is 49.7 Å². The highest BCUT2D eigenvalue weighted by Gasteiger charge is 2.17. The summed E-state index contributed by atoms with van der Waals surface area (Å²) >= 11 is 6.07. The monoisotopic (exact) mass is 417 g/mol. The number of hydrogen-bond donors (Lipinski definition) is 2. The van der Waals surface area contributed by atoms with Gasteiger partial charge < -0.3 is 19.9 Å². The van der Waals surface area contributed by atoms with Crippen LogP contribution in [-0.2, 0) is 9.57 Å². The number of rotatable bonds is 8. The molecular weight excluding hydrogens is 398 g/mol. The number of hydroxylamine groups is 1. The molecule has 0 aliphatic carbocycles. The standard InChI is InChI=1S/C20H20ClN3O5/c1-26-7-8-28-19-11-17-13(10-14(19)20(25)24-27-2)18(5-6-23-17)29-12-3-4-16(22)15(21)9-12/h3-6,9-11H,7-8,22H2,1-2H3,(H,24,25). The number of nitrogens with one attached hydrogen (secondary N) is 1. The Morgan fingerprint density at radius 3 is 2.69 bits per heavy atom. The van der Waals surface area contributed by atoms with Crippen molar-refractivity contribution in [3.63, 3.8) is 0 Å². The van der Waals surface area contributed by atoms with E-state index < -0.39 is 5.91 Å². The summed E-state index contributed by atoms with van der Waals surface area (Å²) in [5.74, 6) is 0.877. The number of halogens is 1. The van der Waals surface area contributed by atoms with E-state index >= 15 is 0 Å². The van der Waals surface area contributed by atoms with Crippen molar-refractivity contribution in [1.29, 1.82) is 0 Å². The quantitative estimate of drug-likeness (QED) is 0.328. The SMILES string of the molecule is COCCOc1cc2nccc(Oc3ccc(N)c(Cl)c3)c2cc1C(=O)NOC. The molecule has 152 valence electrons. The first-order chi connectivity index (χ1) is 14.0. The van der Waals surface area contributed by atoms with Gasteiger partial charge in [-0.2, -0.15) is 0 Å². The van der Waals surface area contributed by atoms with E-state index in [-0.39, 0.29) is 12.2 Å². The molecule has 0 saturated carbocycles. The Labute approximate surface area is 172 Å². The highest BCUT2D eigenvalue weighted by Crippen LogP contribution is 2.34. The van der Waals surface area contributed by atoms with Crippen LogP contribution in [-0.4, -0.2) is 38.3 Å². The third-order valence-corrected chi connectivity index (χ3v) is 4.31. The predicted molar refractivity (Wildman–Crippen MR) is 110 cm³/mol. The Hall–Kier alpha value is -3.07. The molecule has 0 atom stereocenters. The molecule has 0 spiro atoms. The molecule has 3 rings (SSSR count). The fraction of sp³-hybridized carbons (Fsp3) is 0.200. The Balaban J connectivity index is 2.04. The van der Waals surface area contributed by atoms with Gasteiger partial charge in [-0.3, -0.25) is 14.6 Å². The topological polar surface area (TPSA) is 105 Å². The minimum atomic E-state index is -0.466. The van der Waals surface area contributed by atoms with E-state index in [0.717, 1.165) is 0 Å². The molecule has 3 N–H and O–H groups in total. The van der Waals surface area contributed by atoms with Crippen LogP contribution in [0.1, 0.15) is 10.4 Å². The van der Waals surface area contributed by atoms with Crippen LogP contribution in [0.2, 0.25) is 5.02 Å². The number of fused-ring (bicyclic) bond motifs is 1. The first-order valence-electron chi connectivity index (χ1n) is 8.64. The molecule has 0 unspecified atom stereocenters. The number of carbonyl (C=O) groups is 1. The molecular formula is C20H20ClN3O5. The van der Waals surface area contributed by atoms with Crippen LogP contribution >= 0.6 is 11.6 Å². The molecule has 0 radical (unpaired) electrons. The lowest BCUT2D eigenvalue weighted by Gasteiger charge is -2.14. The normalized spacial score (nSPS) is 10.7. The van der Waals surface area contributed by atoms with Gasteiger partial charge in [-0.05, 0) is 24.3 Å². The average molecular weight is 418 g/mol. The van der Waals surface area contributed by atoms with Crippen LogP contribution in [0, 0.1) is 0 Å². The van der Waals surface area contributed by atoms with Crippen molar-refractivity contribution in [2.45, 2.75) is 0 Å². The number of nitrogens with zero attached hydrogens (tertiary/aromatic N) is 1. The molecule has 0 saturated heterocycles. The van der Waals surface area contributed by atoms with Crippen molar-refractivity contribution in [2.24, 2.45) is 0 Å². The van der Waals surface area contributed by atoms with Gasteiger partial charge in [-0.1, -0.05) is 11.6 Å². The van der Waals surface area contributed by atoms with E-state index in [2.05, 4.69) is 10.5 Å². The zero-order valence-electron chi connectivity index (χ0n) is 15.9. The van der Waals surface area contributed by atoms with Gasteiger partial charge in [0.15, 0.2) is 0 Å². The highest BCUT2D eigenvalue weighted by molar-refractivity contribution is 6.33. The van der Waals surface area contributed by atoms with Gasteiger partial charge in [0.2, 0.25) is 0 Å². The number of benzene rings is 2. The summed E-state index contributed by atoms with van der Waals surface area (Å²) in [6, 6.07) is 9.96. The smallest absolute Gasteiger partial charge is 0.278 e. The molecule has 0 aliphatic heterocycles. The van der Waals surface area contributed by atoms with Gasteiger partial charge in [0.1, 0.15) is 23.9 Å². The number of nitrogen functional groups attached to an aromatic ring is 1. The van der Waals surface area contributed by atoms with Crippen LogP contribution in [0.3, 0.4) is 0 Å². The van der Waals surface area contributed by atoms with Crippen molar-refractivity contribution >= 4 is 34.1 Å². The average Bonchev–Trinajstić information content (AvgIpc) is 2.71. The second-order valence-electron chi connectivity index (χ2n) is 5.94. The molecule has 8 nitrogen and oxygen atoms in total. The lowest BCUT2D eigenvalue weighted by Crippen LogP contribution is -2.23. The summed E-state index contributed by atoms with van der Waals surface area (Å²) in [7, 11) is 2.92. The van der Waals surface area contributed by atoms with Gasteiger partial charge >= 0.3 is 0 Å². The molecule has 0 bridgehead atoms. The third kappa shape index (κ3) is 4.86. The maximum absolute atomic E-state index is 12.5. The molecule has 3 aromatic rings. The molecule has 2 aromatic carbocycles. The first kappa shape index (κ1) is 20.7. The van der Waals surface area contributed by atoms with Gasteiger partial charge in [0.25, 0.3) is 5.91 Å². The third-order valence-electron chi connectivity index (χ3n) is 3.99. The lowest BCUT2D eigenvalue weighted by molar-refractivity contribution is 0.0532. The van der Waals surface area contributed by atoms with Crippen molar-refractivity contribution in [3.05, 3.63) is 53.2 Å². The van der Waals surface area contributed by atoms with Crippen molar-refractivity contribution in [2.75, 3.05) is 33.2 Å². The van der Waals surface area contributed by atoms with Crippen LogP contribution in [0.5, 0.6) is 17.2 Å². The zero-order chi connectivity index (χ0) is 20.8. The number of carbonyl (C=O) groups excluding carboxylic acids is 1. The predicted octanol–water partition coefficient (Wildman–Crippen LogP) is 3.58. The van der Waals surface area contributed by atoms with Crippen LogP contribution in [0.25, 0.3) is 10.9 Å². The molecule has 29 heavy (non-hydrogen) atoms. The van der Waals surface area contributed by atoms with E-state index in [9.17, 15) is 4.79 Å². The Bertz CT molecular complexity index is 1030. The van der Waals surface area contributed by atoms with E-state index in [1.807, 2.05) is 0 Å². The molecule has 1 aromatic heterocycles. The fourth-order valence-corrected chi connectivity index (χ4v) is 2.79. The van der Waals surface area contributed by atoms with Gasteiger partial charge in [-0.15, -0.1) is 0 Å². The fourth-order valence-electron chi connectivity index (χ4n) is 2.62. The summed E-state index contributed by atoms with van der Waals surface area (Å²) in [6.45, 7) is 0.646. The van der Waals surface area contributed by atoms with Crippen LogP contribution in [0.15, 0.2) is 42.6 Å². The number of amides is 1. The molecule has 9 heteroatoms. The first-order valence-corrected chi connectivity index (χ1v) is 9.02. The zero-order valence-corrected chi connectivity index (χ0v) is 16.7. The summed E-state index contributed by atoms with van der Waals surface area (Å²) in [5.41, 5.74) is 9.35. The summed E-state index contributed by atoms with van der Waals surface area (Å²) in [5, 5.41) is 0.996. The van der Waals surface area contributed by atoms with E-state index in [4.69, 9.17) is 36.4 Å². The Morgan fingerprint density at radius 2 is 1.97 bits per heavy atom. The van der Waals surface area contributed by atoms with E-state index in [1.165, 1.54) is 7.11 Å². The summed E-state index contributed by atoms with van der Waals surface area (Å²) < 4.78 is 16.6. The maximum atomic E-state index is 12.5. The van der Waals surface area contributed by atoms with Gasteiger partial charge in [-0.25, -0.2) is 5.48 Å². The highest BCUT2D eigenvalue weighted by atomic mass is 35.5. The molecule has 0 aliphatic rings. The van der Waals surface area contributed by atoms with Crippen molar-refractivity contribution in [1.82, 2.24) is 10.5 Å². The number of aromatic nitrogens is 1. The summed E-state index contributed by atoms with van der Waals surface area (Å²) in [6.07, 6.45) is 1.60. The second-order valence-corrected chi connectivity index (χ2v) is 6.34. The molecule has 1 heterocycles. The molecule has 1 amide bonds. The Morgan fingerprint density at radius 1 is 1.14 bits per heavy atom. The second kappa shape index (κ2) is 9.42. The number of methoxy groups -OCH3 is 1. The number of hydrogen-bond acceptors (Lipinski definition) is 7. The minimum absolute atomic E-state index is 0.267. The number of nitrogens with two attached hydrogens (primary N) is 1. The molecule has 0 fully saturated rings. The largest absolute Gasteiger partial charge is 0.490 e. The van der Waals surface area contributed by atoms with Crippen molar-refractivity contribution < 1.29 is 23.8 Å². The minimum Gasteiger partial charge on any atom is -0.490 e. The van der Waals surface area contributed by atoms with E-state index in [0.29, 0.717) is 45.5 Å².